The lowest BCUT2D eigenvalue weighted by atomic mass is 10.0. The van der Waals surface area contributed by atoms with Crippen molar-refractivity contribution >= 4 is 0 Å². The number of aromatic nitrogens is 2. The molecule has 0 saturated carbocycles. The van der Waals surface area contributed by atoms with Gasteiger partial charge in [0.15, 0.2) is 0 Å². The Morgan fingerprint density at radius 2 is 2.19 bits per heavy atom. The molecule has 0 aliphatic carbocycles. The Morgan fingerprint density at radius 1 is 1.38 bits per heavy atom. The van der Waals surface area contributed by atoms with Crippen LogP contribution in [0, 0.1) is 12.7 Å². The van der Waals surface area contributed by atoms with Gasteiger partial charge < -0.3 is 10.3 Å². The zero-order valence-electron chi connectivity index (χ0n) is 9.29. The van der Waals surface area contributed by atoms with Gasteiger partial charge in [-0.25, -0.2) is 9.37 Å². The average Bonchev–Trinajstić information content (AvgIpc) is 2.70. The van der Waals surface area contributed by atoms with Crippen LogP contribution >= 0.6 is 0 Å². The first-order valence-corrected chi connectivity index (χ1v) is 5.14. The Labute approximate surface area is 93.7 Å². The van der Waals surface area contributed by atoms with Crippen molar-refractivity contribution in [3.63, 3.8) is 0 Å². The molecule has 0 spiro atoms. The van der Waals surface area contributed by atoms with E-state index in [2.05, 4.69) is 15.3 Å². The van der Waals surface area contributed by atoms with E-state index in [1.807, 2.05) is 20.0 Å². The van der Waals surface area contributed by atoms with Gasteiger partial charge in [0.05, 0.1) is 6.04 Å². The molecule has 0 amide bonds. The molecule has 0 aliphatic heterocycles. The molecule has 2 aromatic rings. The first-order valence-electron chi connectivity index (χ1n) is 5.14. The van der Waals surface area contributed by atoms with E-state index in [0.717, 1.165) is 17.0 Å². The quantitative estimate of drug-likeness (QED) is 0.830. The van der Waals surface area contributed by atoms with Crippen molar-refractivity contribution in [3.8, 4) is 0 Å². The number of rotatable bonds is 3. The first-order chi connectivity index (χ1) is 7.70. The number of hydrogen-bond donors (Lipinski definition) is 2. The fourth-order valence-corrected chi connectivity index (χ4v) is 1.83. The topological polar surface area (TPSA) is 40.7 Å². The van der Waals surface area contributed by atoms with Crippen LogP contribution in [0.15, 0.2) is 30.6 Å². The summed E-state index contributed by atoms with van der Waals surface area (Å²) in [7, 11) is 1.83. The number of nitrogens with one attached hydrogen (secondary N) is 2. The molecule has 0 radical (unpaired) electrons. The van der Waals surface area contributed by atoms with Crippen LogP contribution in [0.2, 0.25) is 0 Å². The lowest BCUT2D eigenvalue weighted by molar-refractivity contribution is 0.609. The van der Waals surface area contributed by atoms with E-state index in [0.29, 0.717) is 0 Å². The third-order valence-electron chi connectivity index (χ3n) is 2.48. The van der Waals surface area contributed by atoms with Crippen LogP contribution in [0.3, 0.4) is 0 Å². The molecule has 1 aromatic heterocycles. The minimum atomic E-state index is -0.221. The van der Waals surface area contributed by atoms with Crippen molar-refractivity contribution in [1.29, 1.82) is 0 Å². The number of halogens is 1. The molecule has 0 bridgehead atoms. The van der Waals surface area contributed by atoms with Crippen LogP contribution in [0.5, 0.6) is 0 Å². The van der Waals surface area contributed by atoms with Gasteiger partial charge in [0, 0.05) is 12.4 Å². The van der Waals surface area contributed by atoms with Crippen molar-refractivity contribution in [2.24, 2.45) is 0 Å². The zero-order valence-corrected chi connectivity index (χ0v) is 9.29. The Balaban J connectivity index is 2.41. The maximum absolute atomic E-state index is 13.3. The molecule has 2 rings (SSSR count). The number of aryl methyl sites for hydroxylation is 1. The summed E-state index contributed by atoms with van der Waals surface area (Å²) in [4.78, 5) is 7.21. The van der Waals surface area contributed by atoms with Crippen LogP contribution in [-0.4, -0.2) is 17.0 Å². The summed E-state index contributed by atoms with van der Waals surface area (Å²) >= 11 is 0. The third kappa shape index (κ3) is 2.12. The molecular weight excluding hydrogens is 205 g/mol. The van der Waals surface area contributed by atoms with E-state index < -0.39 is 0 Å². The monoisotopic (exact) mass is 219 g/mol. The van der Waals surface area contributed by atoms with Crippen LogP contribution in [-0.2, 0) is 0 Å². The zero-order chi connectivity index (χ0) is 11.5. The maximum Gasteiger partial charge on any atom is 0.127 e. The van der Waals surface area contributed by atoms with Gasteiger partial charge in [0.1, 0.15) is 11.6 Å². The molecule has 0 fully saturated rings. The third-order valence-corrected chi connectivity index (χ3v) is 2.48. The summed E-state index contributed by atoms with van der Waals surface area (Å²) in [6, 6.07) is 4.88. The molecule has 2 N–H and O–H groups in total. The summed E-state index contributed by atoms with van der Waals surface area (Å²) < 4.78 is 13.3. The molecule has 4 heteroatoms. The molecular formula is C12H14FN3. The summed E-state index contributed by atoms with van der Waals surface area (Å²) in [5, 5.41) is 3.11. The predicted molar refractivity (Wildman–Crippen MR) is 60.6 cm³/mol. The molecule has 1 atom stereocenters. The highest BCUT2D eigenvalue weighted by molar-refractivity contribution is 5.29. The molecule has 1 aromatic carbocycles. The summed E-state index contributed by atoms with van der Waals surface area (Å²) in [6.07, 6.45) is 3.44. The second kappa shape index (κ2) is 4.45. The number of benzene rings is 1. The molecule has 1 heterocycles. The molecule has 3 nitrogen and oxygen atoms in total. The predicted octanol–water partition coefficient (Wildman–Crippen LogP) is 2.17. The van der Waals surface area contributed by atoms with Gasteiger partial charge in [-0.1, -0.05) is 6.07 Å². The minimum absolute atomic E-state index is 0.107. The highest BCUT2D eigenvalue weighted by Gasteiger charge is 2.15. The highest BCUT2D eigenvalue weighted by atomic mass is 19.1. The molecule has 0 aliphatic rings. The molecule has 1 unspecified atom stereocenters. The van der Waals surface area contributed by atoms with Gasteiger partial charge in [0.2, 0.25) is 0 Å². The number of aromatic amines is 1. The van der Waals surface area contributed by atoms with E-state index >= 15 is 0 Å². The van der Waals surface area contributed by atoms with E-state index in [1.54, 1.807) is 12.4 Å². The minimum Gasteiger partial charge on any atom is -0.347 e. The van der Waals surface area contributed by atoms with Gasteiger partial charge in [-0.15, -0.1) is 0 Å². The smallest absolute Gasteiger partial charge is 0.127 e. The van der Waals surface area contributed by atoms with Crippen molar-refractivity contribution in [2.75, 3.05) is 7.05 Å². The second-order valence-corrected chi connectivity index (χ2v) is 3.76. The summed E-state index contributed by atoms with van der Waals surface area (Å²) in [5.74, 6) is 0.564. The highest BCUT2D eigenvalue weighted by Crippen LogP contribution is 2.20. The van der Waals surface area contributed by atoms with Crippen LogP contribution in [0.1, 0.15) is 23.0 Å². The second-order valence-electron chi connectivity index (χ2n) is 3.76. The van der Waals surface area contributed by atoms with Crippen molar-refractivity contribution in [3.05, 3.63) is 53.4 Å². The van der Waals surface area contributed by atoms with Gasteiger partial charge >= 0.3 is 0 Å². The Hall–Kier alpha value is -1.68. The standard InChI is InChI=1S/C12H14FN3/c1-8-5-9(7-10(13)6-8)11(14-2)12-15-3-4-16-12/h3-7,11,14H,1-2H3,(H,15,16). The largest absolute Gasteiger partial charge is 0.347 e. The molecule has 84 valence electrons. The van der Waals surface area contributed by atoms with E-state index in [-0.39, 0.29) is 11.9 Å². The maximum atomic E-state index is 13.3. The fourth-order valence-electron chi connectivity index (χ4n) is 1.83. The van der Waals surface area contributed by atoms with Crippen LogP contribution < -0.4 is 5.32 Å². The number of hydrogen-bond acceptors (Lipinski definition) is 2. The van der Waals surface area contributed by atoms with Crippen molar-refractivity contribution in [1.82, 2.24) is 15.3 Å². The lowest BCUT2D eigenvalue weighted by Gasteiger charge is -2.14. The normalized spacial score (nSPS) is 12.7. The Kier molecular flexibility index (Phi) is 3.01. The van der Waals surface area contributed by atoms with Crippen LogP contribution in [0.4, 0.5) is 4.39 Å². The summed E-state index contributed by atoms with van der Waals surface area (Å²) in [6.45, 7) is 1.88. The summed E-state index contributed by atoms with van der Waals surface area (Å²) in [5.41, 5.74) is 1.77. The number of imidazole rings is 1. The van der Waals surface area contributed by atoms with Gasteiger partial charge in [-0.2, -0.15) is 0 Å². The van der Waals surface area contributed by atoms with E-state index in [4.69, 9.17) is 0 Å². The van der Waals surface area contributed by atoms with Crippen LogP contribution in [0.25, 0.3) is 0 Å². The van der Waals surface area contributed by atoms with Gasteiger partial charge in [-0.05, 0) is 37.2 Å². The van der Waals surface area contributed by atoms with E-state index in [1.165, 1.54) is 12.1 Å². The average molecular weight is 219 g/mol. The van der Waals surface area contributed by atoms with Gasteiger partial charge in [-0.3, -0.25) is 0 Å². The lowest BCUT2D eigenvalue weighted by Crippen LogP contribution is -2.19. The SMILES string of the molecule is CNC(c1cc(C)cc(F)c1)c1ncc[nH]1. The first kappa shape index (κ1) is 10.8. The fraction of sp³-hybridized carbons (Fsp3) is 0.250. The van der Waals surface area contributed by atoms with Crippen molar-refractivity contribution in [2.45, 2.75) is 13.0 Å². The Bertz CT molecular complexity index is 445. The van der Waals surface area contributed by atoms with Crippen molar-refractivity contribution < 1.29 is 4.39 Å². The molecule has 16 heavy (non-hydrogen) atoms. The number of H-pyrrole nitrogens is 1. The Morgan fingerprint density at radius 3 is 2.75 bits per heavy atom. The number of nitrogens with zero attached hydrogens (tertiary/aromatic N) is 1. The molecule has 0 saturated heterocycles. The van der Waals surface area contributed by atoms with Gasteiger partial charge in [0.25, 0.3) is 0 Å². The van der Waals surface area contributed by atoms with E-state index in [9.17, 15) is 4.39 Å².